The van der Waals surface area contributed by atoms with E-state index < -0.39 is 10.3 Å². The van der Waals surface area contributed by atoms with Crippen molar-refractivity contribution in [3.63, 3.8) is 0 Å². The van der Waals surface area contributed by atoms with Crippen LogP contribution in [-0.2, 0) is 10.3 Å². The molecule has 0 amide bonds. The molecule has 0 saturated heterocycles. The Hall–Kier alpha value is 0.120. The average Bonchev–Trinajstić information content (AvgIpc) is 2.08. The molecule has 0 unspecified atom stereocenters. The van der Waals surface area contributed by atoms with Gasteiger partial charge in [-0.2, -0.15) is 8.42 Å². The molecule has 1 N–H and O–H groups in total. The number of hydrogen-bond donors (Lipinski definition) is 1. The van der Waals surface area contributed by atoms with Gasteiger partial charge in [0, 0.05) is 12.4 Å². The Morgan fingerprint density at radius 3 is 2.40 bits per heavy atom. The molecule has 1 aromatic heterocycles. The summed E-state index contributed by atoms with van der Waals surface area (Å²) >= 11 is 0. The van der Waals surface area contributed by atoms with E-state index in [1.165, 1.54) is 6.20 Å². The molecule has 0 fully saturated rings. The summed E-state index contributed by atoms with van der Waals surface area (Å²) < 4.78 is 29.2. The summed E-state index contributed by atoms with van der Waals surface area (Å²) in [6.07, 6.45) is 3.39. The van der Waals surface area contributed by atoms with Crippen molar-refractivity contribution in [3.05, 3.63) is 18.7 Å². The van der Waals surface area contributed by atoms with Gasteiger partial charge < -0.3 is 1.43 Å². The van der Waals surface area contributed by atoms with Crippen molar-refractivity contribution in [1.29, 1.82) is 0 Å². The second-order valence-corrected chi connectivity index (χ2v) is 2.69. The molecule has 0 spiro atoms. The Bertz CT molecular complexity index is 284. The zero-order valence-electron chi connectivity index (χ0n) is 6.30. The van der Waals surface area contributed by atoms with E-state index in [0.717, 1.165) is 12.5 Å². The van der Waals surface area contributed by atoms with Gasteiger partial charge >= 0.3 is 39.9 Å². The fourth-order valence-corrected chi connectivity index (χ4v) is 0.765. The summed E-state index contributed by atoms with van der Waals surface area (Å²) in [7, 11) is -4.11. The molecule has 52 valence electrons. The standard InChI is InChI=1S/C3H4N2O3S.Na.H/c6-9(7,8)5-2-1-4-3-5;;/h1-3H,(H,6,7,8);;/q;+1;-1. The van der Waals surface area contributed by atoms with Crippen molar-refractivity contribution < 1.29 is 44.0 Å². The van der Waals surface area contributed by atoms with Crippen LogP contribution in [0.25, 0.3) is 0 Å². The smallest absolute Gasteiger partial charge is 1.00 e. The van der Waals surface area contributed by atoms with Crippen LogP contribution >= 0.6 is 0 Å². The number of rotatable bonds is 1. The molecule has 5 nitrogen and oxygen atoms in total. The van der Waals surface area contributed by atoms with Crippen LogP contribution in [0.3, 0.4) is 0 Å². The Kier molecular flexibility index (Phi) is 3.54. The third kappa shape index (κ3) is 2.39. The number of hydrogen-bond acceptors (Lipinski definition) is 3. The van der Waals surface area contributed by atoms with Crippen molar-refractivity contribution >= 4 is 10.3 Å². The monoisotopic (exact) mass is 172 g/mol. The molecule has 10 heavy (non-hydrogen) atoms. The molecule has 7 heteroatoms. The molecule has 1 aromatic rings. The van der Waals surface area contributed by atoms with Crippen LogP contribution < -0.4 is 29.6 Å². The first kappa shape index (κ1) is 10.1. The van der Waals surface area contributed by atoms with Crippen molar-refractivity contribution in [2.75, 3.05) is 0 Å². The molecule has 0 aliphatic carbocycles. The molecule has 0 bridgehead atoms. The van der Waals surface area contributed by atoms with Crippen molar-refractivity contribution in [2.24, 2.45) is 0 Å². The summed E-state index contributed by atoms with van der Waals surface area (Å²) in [5, 5.41) is 0. The number of imidazole rings is 1. The first-order valence-electron chi connectivity index (χ1n) is 2.06. The van der Waals surface area contributed by atoms with Crippen LogP contribution in [-0.4, -0.2) is 21.9 Å². The van der Waals surface area contributed by atoms with Gasteiger partial charge in [-0.1, -0.05) is 0 Å². The topological polar surface area (TPSA) is 72.2 Å². The summed E-state index contributed by atoms with van der Waals surface area (Å²) in [5.41, 5.74) is 0. The van der Waals surface area contributed by atoms with E-state index in [2.05, 4.69) is 4.98 Å². The van der Waals surface area contributed by atoms with Crippen LogP contribution in [0.15, 0.2) is 18.7 Å². The van der Waals surface area contributed by atoms with Gasteiger partial charge in [0.2, 0.25) is 0 Å². The van der Waals surface area contributed by atoms with Crippen molar-refractivity contribution in [2.45, 2.75) is 0 Å². The van der Waals surface area contributed by atoms with E-state index in [1.54, 1.807) is 0 Å². The second kappa shape index (κ2) is 3.49. The third-order valence-corrected chi connectivity index (χ3v) is 1.50. The van der Waals surface area contributed by atoms with E-state index in [0.29, 0.717) is 3.97 Å². The average molecular weight is 172 g/mol. The maximum atomic E-state index is 10.2. The van der Waals surface area contributed by atoms with E-state index >= 15 is 0 Å². The van der Waals surface area contributed by atoms with Crippen LogP contribution in [0.5, 0.6) is 0 Å². The normalized spacial score (nSPS) is 10.5. The molecule has 0 aromatic carbocycles. The quantitative estimate of drug-likeness (QED) is 0.355. The third-order valence-electron chi connectivity index (χ3n) is 0.747. The van der Waals surface area contributed by atoms with Gasteiger partial charge in [0.1, 0.15) is 6.33 Å². The van der Waals surface area contributed by atoms with Crippen molar-refractivity contribution in [1.82, 2.24) is 8.96 Å². The Balaban J connectivity index is 0. The minimum Gasteiger partial charge on any atom is -1.00 e. The molecule has 0 atom stereocenters. The van der Waals surface area contributed by atoms with Crippen molar-refractivity contribution in [3.8, 4) is 0 Å². The zero-order chi connectivity index (χ0) is 6.91. The maximum absolute atomic E-state index is 10.2. The molecule has 1 heterocycles. The summed E-state index contributed by atoms with van der Waals surface area (Å²) in [4.78, 5) is 3.41. The summed E-state index contributed by atoms with van der Waals surface area (Å²) in [5.74, 6) is 0. The SMILES string of the molecule is O=S(=O)(O)n1ccnc1.[H-].[Na+]. The van der Waals surface area contributed by atoms with Crippen LogP contribution in [0.4, 0.5) is 0 Å². The van der Waals surface area contributed by atoms with Gasteiger partial charge in [0.15, 0.2) is 0 Å². The van der Waals surface area contributed by atoms with E-state index in [-0.39, 0.29) is 31.0 Å². The van der Waals surface area contributed by atoms with Gasteiger partial charge in [-0.3, -0.25) is 4.55 Å². The van der Waals surface area contributed by atoms with Crippen LogP contribution in [0.1, 0.15) is 1.43 Å². The molecule has 0 saturated carbocycles. The number of aromatic nitrogens is 2. The first-order chi connectivity index (χ1) is 4.11. The van der Waals surface area contributed by atoms with Gasteiger partial charge in [-0.25, -0.2) is 8.96 Å². The molecule has 0 radical (unpaired) electrons. The van der Waals surface area contributed by atoms with E-state index in [9.17, 15) is 8.42 Å². The Morgan fingerprint density at radius 2 is 2.20 bits per heavy atom. The van der Waals surface area contributed by atoms with Gasteiger partial charge in [-0.15, -0.1) is 0 Å². The van der Waals surface area contributed by atoms with E-state index in [1.807, 2.05) is 0 Å². The number of nitrogens with zero attached hydrogens (tertiary/aromatic N) is 2. The molecule has 1 rings (SSSR count). The molecule has 0 aliphatic heterocycles. The first-order valence-corrected chi connectivity index (χ1v) is 3.46. The fourth-order valence-electron chi connectivity index (χ4n) is 0.383. The Labute approximate surface area is 81.7 Å². The predicted octanol–water partition coefficient (Wildman–Crippen LogP) is -3.35. The van der Waals surface area contributed by atoms with Crippen LogP contribution in [0.2, 0.25) is 0 Å². The van der Waals surface area contributed by atoms with Gasteiger partial charge in [0.05, 0.1) is 0 Å². The molecular weight excluding hydrogens is 167 g/mol. The minimum absolute atomic E-state index is 0. The molecular formula is C3H5N2NaO3S. The fraction of sp³-hybridized carbons (Fsp3) is 0. The summed E-state index contributed by atoms with van der Waals surface area (Å²) in [6.45, 7) is 0. The second-order valence-electron chi connectivity index (χ2n) is 1.37. The van der Waals surface area contributed by atoms with Gasteiger partial charge in [-0.05, 0) is 0 Å². The summed E-state index contributed by atoms with van der Waals surface area (Å²) in [6, 6.07) is 0. The Morgan fingerprint density at radius 1 is 1.60 bits per heavy atom. The predicted molar refractivity (Wildman–Crippen MR) is 30.3 cm³/mol. The zero-order valence-corrected chi connectivity index (χ0v) is 8.11. The minimum atomic E-state index is -4.11. The van der Waals surface area contributed by atoms with E-state index in [4.69, 9.17) is 4.55 Å². The van der Waals surface area contributed by atoms with Crippen LogP contribution in [0, 0.1) is 0 Å². The van der Waals surface area contributed by atoms with Gasteiger partial charge in [0.25, 0.3) is 0 Å². The maximum Gasteiger partial charge on any atom is 1.00 e. The largest absolute Gasteiger partial charge is 1.00 e. The molecule has 0 aliphatic rings.